The Hall–Kier alpha value is -1.26. The SMILES string of the molecule is CCNCCCCOCc1ccc2c(c1)OCO2. The van der Waals surface area contributed by atoms with Gasteiger partial charge in [-0.15, -0.1) is 0 Å². The maximum atomic E-state index is 5.64. The summed E-state index contributed by atoms with van der Waals surface area (Å²) in [7, 11) is 0. The van der Waals surface area contributed by atoms with Crippen molar-refractivity contribution in [3.8, 4) is 11.5 Å². The summed E-state index contributed by atoms with van der Waals surface area (Å²) in [6.07, 6.45) is 2.26. The molecule has 0 saturated heterocycles. The van der Waals surface area contributed by atoms with Gasteiger partial charge < -0.3 is 19.5 Å². The number of hydrogen-bond donors (Lipinski definition) is 1. The van der Waals surface area contributed by atoms with Gasteiger partial charge in [0.1, 0.15) is 0 Å². The first-order valence-corrected chi connectivity index (χ1v) is 6.57. The molecule has 1 N–H and O–H groups in total. The molecule has 0 radical (unpaired) electrons. The van der Waals surface area contributed by atoms with Gasteiger partial charge in [0.05, 0.1) is 6.61 Å². The molecule has 4 nitrogen and oxygen atoms in total. The third-order valence-corrected chi connectivity index (χ3v) is 2.85. The standard InChI is InChI=1S/C14H21NO3/c1-2-15-7-3-4-8-16-10-12-5-6-13-14(9-12)18-11-17-13/h5-6,9,15H,2-4,7-8,10-11H2,1H3. The lowest BCUT2D eigenvalue weighted by Crippen LogP contribution is -2.14. The largest absolute Gasteiger partial charge is 0.454 e. The molecule has 0 bridgehead atoms. The highest BCUT2D eigenvalue weighted by molar-refractivity contribution is 5.44. The van der Waals surface area contributed by atoms with Crippen molar-refractivity contribution in [3.05, 3.63) is 23.8 Å². The fourth-order valence-corrected chi connectivity index (χ4v) is 1.85. The van der Waals surface area contributed by atoms with E-state index in [9.17, 15) is 0 Å². The highest BCUT2D eigenvalue weighted by Crippen LogP contribution is 2.32. The van der Waals surface area contributed by atoms with Gasteiger partial charge in [-0.25, -0.2) is 0 Å². The first kappa shape index (κ1) is 13.2. The van der Waals surface area contributed by atoms with E-state index in [1.807, 2.05) is 18.2 Å². The van der Waals surface area contributed by atoms with Crippen molar-refractivity contribution < 1.29 is 14.2 Å². The van der Waals surface area contributed by atoms with Crippen LogP contribution in [0.4, 0.5) is 0 Å². The summed E-state index contributed by atoms with van der Waals surface area (Å²) < 4.78 is 16.2. The van der Waals surface area contributed by atoms with Crippen molar-refractivity contribution >= 4 is 0 Å². The number of nitrogens with one attached hydrogen (secondary N) is 1. The van der Waals surface area contributed by atoms with Crippen molar-refractivity contribution in [3.63, 3.8) is 0 Å². The quantitative estimate of drug-likeness (QED) is 0.720. The Morgan fingerprint density at radius 3 is 3.00 bits per heavy atom. The van der Waals surface area contributed by atoms with Gasteiger partial charge in [-0.2, -0.15) is 0 Å². The Morgan fingerprint density at radius 2 is 2.11 bits per heavy atom. The predicted molar refractivity (Wildman–Crippen MR) is 70.0 cm³/mol. The minimum atomic E-state index is 0.323. The fraction of sp³-hybridized carbons (Fsp3) is 0.571. The Morgan fingerprint density at radius 1 is 1.22 bits per heavy atom. The molecule has 0 amide bonds. The molecule has 0 unspecified atom stereocenters. The van der Waals surface area contributed by atoms with Crippen molar-refractivity contribution in [2.75, 3.05) is 26.5 Å². The smallest absolute Gasteiger partial charge is 0.231 e. The maximum absolute atomic E-state index is 5.64. The molecular weight excluding hydrogens is 230 g/mol. The summed E-state index contributed by atoms with van der Waals surface area (Å²) in [6.45, 7) is 6.00. The number of fused-ring (bicyclic) bond motifs is 1. The summed E-state index contributed by atoms with van der Waals surface area (Å²) in [5.74, 6) is 1.65. The van der Waals surface area contributed by atoms with E-state index in [2.05, 4.69) is 12.2 Å². The molecule has 1 aromatic carbocycles. The van der Waals surface area contributed by atoms with Gasteiger partial charge in [0.15, 0.2) is 11.5 Å². The molecule has 0 atom stereocenters. The second-order valence-electron chi connectivity index (χ2n) is 4.30. The maximum Gasteiger partial charge on any atom is 0.231 e. The van der Waals surface area contributed by atoms with E-state index in [1.165, 1.54) is 0 Å². The van der Waals surface area contributed by atoms with Crippen molar-refractivity contribution in [1.82, 2.24) is 5.32 Å². The van der Waals surface area contributed by atoms with Crippen molar-refractivity contribution in [2.45, 2.75) is 26.4 Å². The monoisotopic (exact) mass is 251 g/mol. The lowest BCUT2D eigenvalue weighted by atomic mass is 10.2. The van der Waals surface area contributed by atoms with Crippen molar-refractivity contribution in [2.24, 2.45) is 0 Å². The van der Waals surface area contributed by atoms with Crippen LogP contribution in [0.25, 0.3) is 0 Å². The Labute approximate surface area is 108 Å². The third kappa shape index (κ3) is 3.89. The molecule has 0 aliphatic carbocycles. The summed E-state index contributed by atoms with van der Waals surface area (Å²) in [4.78, 5) is 0. The molecule has 4 heteroatoms. The van der Waals surface area contributed by atoms with Gasteiger partial charge in [-0.05, 0) is 43.6 Å². The van der Waals surface area contributed by atoms with Gasteiger partial charge in [0, 0.05) is 6.61 Å². The molecule has 0 saturated carbocycles. The van der Waals surface area contributed by atoms with Crippen LogP contribution >= 0.6 is 0 Å². The first-order valence-electron chi connectivity index (χ1n) is 6.57. The summed E-state index contributed by atoms with van der Waals surface area (Å²) in [5.41, 5.74) is 1.13. The predicted octanol–water partition coefficient (Wildman–Crippen LogP) is 2.32. The summed E-state index contributed by atoms with van der Waals surface area (Å²) in [6, 6.07) is 5.94. The van der Waals surface area contributed by atoms with E-state index in [-0.39, 0.29) is 0 Å². The van der Waals surface area contributed by atoms with Gasteiger partial charge in [-0.1, -0.05) is 13.0 Å². The van der Waals surface area contributed by atoms with Gasteiger partial charge >= 0.3 is 0 Å². The van der Waals surface area contributed by atoms with Crippen LogP contribution in [0, 0.1) is 0 Å². The van der Waals surface area contributed by atoms with Crippen LogP contribution in [0.5, 0.6) is 11.5 Å². The lowest BCUT2D eigenvalue weighted by Gasteiger charge is -2.05. The Kier molecular flexibility index (Phi) is 5.30. The minimum Gasteiger partial charge on any atom is -0.454 e. The number of benzene rings is 1. The van der Waals surface area contributed by atoms with E-state index in [1.54, 1.807) is 0 Å². The third-order valence-electron chi connectivity index (χ3n) is 2.85. The molecule has 1 aliphatic heterocycles. The molecule has 1 heterocycles. The number of rotatable bonds is 8. The lowest BCUT2D eigenvalue weighted by molar-refractivity contribution is 0.117. The summed E-state index contributed by atoms with van der Waals surface area (Å²) in [5, 5.41) is 3.30. The van der Waals surface area contributed by atoms with E-state index >= 15 is 0 Å². The zero-order chi connectivity index (χ0) is 12.6. The van der Waals surface area contributed by atoms with Gasteiger partial charge in [-0.3, -0.25) is 0 Å². The van der Waals surface area contributed by atoms with Gasteiger partial charge in [0.2, 0.25) is 6.79 Å². The molecule has 1 aliphatic rings. The summed E-state index contributed by atoms with van der Waals surface area (Å²) >= 11 is 0. The van der Waals surface area contributed by atoms with E-state index in [4.69, 9.17) is 14.2 Å². The second-order valence-corrected chi connectivity index (χ2v) is 4.30. The van der Waals surface area contributed by atoms with Crippen LogP contribution in [0.1, 0.15) is 25.3 Å². The molecule has 0 fully saturated rings. The van der Waals surface area contributed by atoms with Crippen molar-refractivity contribution in [1.29, 1.82) is 0 Å². The Balaban J connectivity index is 1.62. The van der Waals surface area contributed by atoms with Crippen LogP contribution < -0.4 is 14.8 Å². The zero-order valence-corrected chi connectivity index (χ0v) is 10.9. The number of ether oxygens (including phenoxy) is 3. The second kappa shape index (κ2) is 7.24. The van der Waals surface area contributed by atoms with E-state index in [0.717, 1.165) is 49.6 Å². The average Bonchev–Trinajstić information content (AvgIpc) is 2.85. The molecule has 0 spiro atoms. The highest BCUT2D eigenvalue weighted by atomic mass is 16.7. The fourth-order valence-electron chi connectivity index (χ4n) is 1.85. The highest BCUT2D eigenvalue weighted by Gasteiger charge is 2.12. The number of hydrogen-bond acceptors (Lipinski definition) is 4. The minimum absolute atomic E-state index is 0.323. The molecule has 0 aromatic heterocycles. The van der Waals surface area contributed by atoms with Crippen LogP contribution in [0.2, 0.25) is 0 Å². The Bertz CT molecular complexity index is 368. The van der Waals surface area contributed by atoms with Crippen LogP contribution in [0.15, 0.2) is 18.2 Å². The van der Waals surface area contributed by atoms with Crippen LogP contribution in [0.3, 0.4) is 0 Å². The normalized spacial score (nSPS) is 12.9. The molecule has 2 rings (SSSR count). The van der Waals surface area contributed by atoms with E-state index < -0.39 is 0 Å². The van der Waals surface area contributed by atoms with Gasteiger partial charge in [0.25, 0.3) is 0 Å². The van der Waals surface area contributed by atoms with Crippen LogP contribution in [-0.2, 0) is 11.3 Å². The molecule has 100 valence electrons. The molecule has 18 heavy (non-hydrogen) atoms. The zero-order valence-electron chi connectivity index (χ0n) is 10.9. The van der Waals surface area contributed by atoms with E-state index in [0.29, 0.717) is 13.4 Å². The van der Waals surface area contributed by atoms with Crippen LogP contribution in [-0.4, -0.2) is 26.5 Å². The first-order chi connectivity index (χ1) is 8.90. The average molecular weight is 251 g/mol. The number of unbranched alkanes of at least 4 members (excludes halogenated alkanes) is 1. The molecular formula is C14H21NO3. The topological polar surface area (TPSA) is 39.7 Å². The molecule has 1 aromatic rings.